The van der Waals surface area contributed by atoms with Gasteiger partial charge in [-0.1, -0.05) is 36.8 Å². The topological polar surface area (TPSA) is 71.1 Å². The van der Waals surface area contributed by atoms with Gasteiger partial charge >= 0.3 is 18.1 Å². The highest BCUT2D eigenvalue weighted by atomic mass is 19.4. The van der Waals surface area contributed by atoms with E-state index in [1.807, 2.05) is 0 Å². The van der Waals surface area contributed by atoms with Gasteiger partial charge in [0.2, 0.25) is 0 Å². The summed E-state index contributed by atoms with van der Waals surface area (Å²) in [6.07, 6.45) is 12.0. The van der Waals surface area contributed by atoms with Gasteiger partial charge in [0, 0.05) is 49.0 Å². The molecule has 3 aliphatic rings. The third kappa shape index (κ3) is 15.6. The molecule has 0 spiro atoms. The van der Waals surface area contributed by atoms with Crippen LogP contribution in [0.1, 0.15) is 109 Å². The Morgan fingerprint density at radius 1 is 0.583 bits per heavy atom. The highest BCUT2D eigenvalue weighted by molar-refractivity contribution is 5.81. The molecule has 6 nitrogen and oxygen atoms in total. The van der Waals surface area contributed by atoms with Gasteiger partial charge in [-0.3, -0.25) is 0 Å². The predicted octanol–water partition coefficient (Wildman–Crippen LogP) is 8.54. The number of hydrogen-bond acceptors (Lipinski definition) is 6. The number of carbonyl (C=O) groups excluding carboxylic acids is 2. The van der Waals surface area contributed by atoms with E-state index in [-0.39, 0.29) is 36.4 Å². The van der Waals surface area contributed by atoms with Crippen molar-refractivity contribution in [2.45, 2.75) is 128 Å². The van der Waals surface area contributed by atoms with Crippen LogP contribution in [0.2, 0.25) is 0 Å². The number of halogens is 3. The maximum atomic E-state index is 14.1. The summed E-state index contributed by atoms with van der Waals surface area (Å²) in [4.78, 5) is 22.1. The summed E-state index contributed by atoms with van der Waals surface area (Å²) >= 11 is 0. The largest absolute Gasteiger partial charge is 0.463 e. The number of unbranched alkanes of at least 4 members (excludes halogenated alkanes) is 4. The van der Waals surface area contributed by atoms with Gasteiger partial charge in [-0.15, -0.1) is 0 Å². The number of rotatable bonds is 16. The zero-order valence-electron chi connectivity index (χ0n) is 28.5. The van der Waals surface area contributed by atoms with Crippen LogP contribution >= 0.6 is 0 Å². The Morgan fingerprint density at radius 3 is 1.46 bits per heavy atom. The monoisotopic (exact) mass is 676 g/mol. The van der Waals surface area contributed by atoms with Crippen LogP contribution in [-0.4, -0.2) is 56.8 Å². The first-order chi connectivity index (χ1) is 23.2. The number of hydrogen-bond donors (Lipinski definition) is 0. The molecule has 268 valence electrons. The molecule has 3 aliphatic carbocycles. The van der Waals surface area contributed by atoms with Crippen molar-refractivity contribution in [1.82, 2.24) is 0 Å². The van der Waals surface area contributed by atoms with Gasteiger partial charge in [0.15, 0.2) is 0 Å². The lowest BCUT2D eigenvalue weighted by atomic mass is 9.73. The fraction of sp³-hybridized carbons (Fsp3) is 0.744. The van der Waals surface area contributed by atoms with E-state index < -0.39 is 30.0 Å². The summed E-state index contributed by atoms with van der Waals surface area (Å²) in [5.41, 5.74) is 0. The Kier molecular flexibility index (Phi) is 18.2. The van der Waals surface area contributed by atoms with Crippen LogP contribution in [0.25, 0.3) is 0 Å². The summed E-state index contributed by atoms with van der Waals surface area (Å²) < 4.78 is 64.3. The quantitative estimate of drug-likeness (QED) is 0.0707. The first-order valence-electron chi connectivity index (χ1n) is 18.1. The molecule has 0 saturated heterocycles. The Labute approximate surface area is 285 Å². The van der Waals surface area contributed by atoms with E-state index in [0.717, 1.165) is 102 Å². The Bertz CT molecular complexity index is 1110. The van der Waals surface area contributed by atoms with Crippen molar-refractivity contribution in [3.05, 3.63) is 25.3 Å². The summed E-state index contributed by atoms with van der Waals surface area (Å²) in [5.74, 6) is 10.1. The Hall–Kier alpha value is -2.75. The third-order valence-corrected chi connectivity index (χ3v) is 9.69. The molecule has 3 atom stereocenters. The van der Waals surface area contributed by atoms with Gasteiger partial charge in [0.05, 0.1) is 31.3 Å². The van der Waals surface area contributed by atoms with Crippen LogP contribution in [0.4, 0.5) is 13.2 Å². The second kappa shape index (κ2) is 22.1. The zero-order valence-corrected chi connectivity index (χ0v) is 28.5. The smallest absolute Gasteiger partial charge is 0.393 e. The average Bonchev–Trinajstić information content (AvgIpc) is 3.09. The van der Waals surface area contributed by atoms with Crippen molar-refractivity contribution in [2.75, 3.05) is 26.4 Å². The summed E-state index contributed by atoms with van der Waals surface area (Å²) in [6.45, 7) is 8.87. The van der Waals surface area contributed by atoms with Crippen LogP contribution in [0.15, 0.2) is 25.3 Å². The molecule has 9 heteroatoms. The minimum Gasteiger partial charge on any atom is -0.463 e. The van der Waals surface area contributed by atoms with Crippen LogP contribution in [0, 0.1) is 53.3 Å². The van der Waals surface area contributed by atoms with Crippen molar-refractivity contribution >= 4 is 11.9 Å². The first kappa shape index (κ1) is 39.7. The molecular formula is C39H55F3O6. The van der Waals surface area contributed by atoms with Crippen molar-refractivity contribution in [3.8, 4) is 23.7 Å². The molecular weight excluding hydrogens is 621 g/mol. The minimum absolute atomic E-state index is 0.0400. The summed E-state index contributed by atoms with van der Waals surface area (Å²) in [7, 11) is 0. The minimum atomic E-state index is -4.27. The normalized spacial score (nSPS) is 27.4. The van der Waals surface area contributed by atoms with Crippen molar-refractivity contribution < 1.29 is 41.7 Å². The number of carbonyl (C=O) groups is 2. The van der Waals surface area contributed by atoms with Gasteiger partial charge in [0.1, 0.15) is 0 Å². The number of ether oxygens (including phenoxy) is 4. The lowest BCUT2D eigenvalue weighted by Crippen LogP contribution is -2.35. The molecule has 0 aromatic heterocycles. The van der Waals surface area contributed by atoms with Crippen LogP contribution in [0.5, 0.6) is 0 Å². The first-order valence-corrected chi connectivity index (χ1v) is 18.1. The van der Waals surface area contributed by atoms with Gasteiger partial charge in [-0.2, -0.15) is 13.2 Å². The van der Waals surface area contributed by atoms with Gasteiger partial charge < -0.3 is 18.9 Å². The summed E-state index contributed by atoms with van der Waals surface area (Å²) in [5, 5.41) is 0. The lowest BCUT2D eigenvalue weighted by molar-refractivity contribution is -0.192. The maximum Gasteiger partial charge on any atom is 0.393 e. The molecule has 0 aromatic rings. The Morgan fingerprint density at radius 2 is 1.00 bits per heavy atom. The van der Waals surface area contributed by atoms with Crippen molar-refractivity contribution in [2.24, 2.45) is 29.6 Å². The van der Waals surface area contributed by atoms with Crippen molar-refractivity contribution in [3.63, 3.8) is 0 Å². The van der Waals surface area contributed by atoms with E-state index in [0.29, 0.717) is 39.3 Å². The van der Waals surface area contributed by atoms with Crippen molar-refractivity contribution in [1.29, 1.82) is 0 Å². The van der Waals surface area contributed by atoms with Gasteiger partial charge in [0.25, 0.3) is 0 Å². The SMILES string of the molecule is C=CC(=O)OCCCCCOC1CCC(C#CC2CCC(C#CC3CCC(OCCCCCOC(=O)C=C)CC3)C(C(F)(F)F)C2)CC1. The molecule has 3 rings (SSSR count). The van der Waals surface area contributed by atoms with E-state index in [9.17, 15) is 22.8 Å². The van der Waals surface area contributed by atoms with E-state index in [4.69, 9.17) is 18.9 Å². The third-order valence-electron chi connectivity index (χ3n) is 9.69. The molecule has 0 amide bonds. The van der Waals surface area contributed by atoms with Gasteiger partial charge in [-0.25, -0.2) is 9.59 Å². The zero-order chi connectivity index (χ0) is 34.6. The molecule has 0 N–H and O–H groups in total. The van der Waals surface area contributed by atoms with Gasteiger partial charge in [-0.05, 0) is 109 Å². The maximum absolute atomic E-state index is 14.1. The Balaban J connectivity index is 1.31. The van der Waals surface area contributed by atoms with E-state index in [1.165, 1.54) is 0 Å². The number of alkyl halides is 3. The fourth-order valence-corrected chi connectivity index (χ4v) is 6.77. The molecule has 3 saturated carbocycles. The molecule has 48 heavy (non-hydrogen) atoms. The van der Waals surface area contributed by atoms with Crippen LogP contribution in [-0.2, 0) is 28.5 Å². The second-order valence-electron chi connectivity index (χ2n) is 13.4. The molecule has 0 heterocycles. The van der Waals surface area contributed by atoms with Crippen LogP contribution < -0.4 is 0 Å². The second-order valence-corrected chi connectivity index (χ2v) is 13.4. The summed E-state index contributed by atoms with van der Waals surface area (Å²) in [6, 6.07) is 0. The fourth-order valence-electron chi connectivity index (χ4n) is 6.77. The molecule has 3 fully saturated rings. The molecule has 0 bridgehead atoms. The highest BCUT2D eigenvalue weighted by Crippen LogP contribution is 2.43. The molecule has 0 aromatic carbocycles. The highest BCUT2D eigenvalue weighted by Gasteiger charge is 2.47. The van der Waals surface area contributed by atoms with E-state index in [1.54, 1.807) is 0 Å². The molecule has 3 unspecified atom stereocenters. The average molecular weight is 677 g/mol. The molecule has 0 aliphatic heterocycles. The van der Waals surface area contributed by atoms with E-state index >= 15 is 0 Å². The lowest BCUT2D eigenvalue weighted by Gasteiger charge is -2.33. The predicted molar refractivity (Wildman–Crippen MR) is 179 cm³/mol. The number of esters is 2. The van der Waals surface area contributed by atoms with Crippen LogP contribution in [0.3, 0.4) is 0 Å². The molecule has 0 radical (unpaired) electrons. The van der Waals surface area contributed by atoms with E-state index in [2.05, 4.69) is 36.8 Å². The standard InChI is InChI=1S/C39H55F3O6/c1-3-37(43)47-27-9-5-7-25-45-34-21-15-30(16-22-34)11-12-32-14-20-33(36(29-32)39(40,41)42)19-13-31-17-23-35(24-18-31)46-26-8-6-10-28-48-38(44)4-2/h3-4,30-36H,1-2,5-10,14-18,20-29H2.